The fraction of sp³-hybridized carbons (Fsp3) is 0. The van der Waals surface area contributed by atoms with Crippen LogP contribution < -0.4 is 5.73 Å². The van der Waals surface area contributed by atoms with Crippen LogP contribution in [-0.4, -0.2) is 30.4 Å². The molecule has 0 spiro atoms. The monoisotopic (exact) mass is 229 g/mol. The van der Waals surface area contributed by atoms with Crippen molar-refractivity contribution in [1.82, 2.24) is 19.4 Å². The van der Waals surface area contributed by atoms with Gasteiger partial charge >= 0.3 is 5.97 Å². The van der Waals surface area contributed by atoms with E-state index in [9.17, 15) is 4.79 Å². The molecule has 0 aliphatic carbocycles. The van der Waals surface area contributed by atoms with Crippen LogP contribution in [0.4, 0.5) is 5.82 Å². The number of fused-ring (bicyclic) bond motifs is 3. The van der Waals surface area contributed by atoms with Gasteiger partial charge in [-0.2, -0.15) is 0 Å². The second-order valence-electron chi connectivity index (χ2n) is 3.51. The number of nitrogens with zero attached hydrogens (tertiary/aromatic N) is 4. The Balaban J connectivity index is 2.48. The molecule has 0 bridgehead atoms. The van der Waals surface area contributed by atoms with E-state index >= 15 is 0 Å². The molecule has 0 saturated heterocycles. The summed E-state index contributed by atoms with van der Waals surface area (Å²) in [4.78, 5) is 22.7. The van der Waals surface area contributed by atoms with Gasteiger partial charge in [-0.25, -0.2) is 19.7 Å². The van der Waals surface area contributed by atoms with Gasteiger partial charge in [0, 0.05) is 0 Å². The number of hydrogen-bond acceptors (Lipinski definition) is 5. The number of hydrogen-bond donors (Lipinski definition) is 2. The average Bonchev–Trinajstić information content (AvgIpc) is 2.78. The number of carbonyl (C=O) groups is 1. The van der Waals surface area contributed by atoms with Crippen molar-refractivity contribution in [3.63, 3.8) is 0 Å². The van der Waals surface area contributed by atoms with E-state index in [-0.39, 0.29) is 5.69 Å². The molecule has 3 heterocycles. The smallest absolute Gasteiger partial charge is 0.354 e. The lowest BCUT2D eigenvalue weighted by Crippen LogP contribution is -2.03. The number of imidazole rings is 1. The fourth-order valence-electron chi connectivity index (χ4n) is 1.70. The van der Waals surface area contributed by atoms with Crippen LogP contribution in [0.5, 0.6) is 0 Å². The van der Waals surface area contributed by atoms with Gasteiger partial charge in [-0.15, -0.1) is 0 Å². The van der Waals surface area contributed by atoms with E-state index < -0.39 is 5.97 Å². The van der Waals surface area contributed by atoms with Crippen molar-refractivity contribution in [2.24, 2.45) is 0 Å². The summed E-state index contributed by atoms with van der Waals surface area (Å²) in [5, 5.41) is 8.89. The number of aromatic nitrogens is 4. The molecule has 7 nitrogen and oxygen atoms in total. The van der Waals surface area contributed by atoms with E-state index in [1.54, 1.807) is 16.9 Å². The van der Waals surface area contributed by atoms with Crippen molar-refractivity contribution in [3.05, 3.63) is 30.5 Å². The van der Waals surface area contributed by atoms with Crippen LogP contribution in [0.3, 0.4) is 0 Å². The zero-order chi connectivity index (χ0) is 12.0. The first-order valence-electron chi connectivity index (χ1n) is 4.77. The number of nitrogen functional groups attached to an aromatic ring is 1. The number of aromatic carboxylic acids is 1. The molecule has 0 saturated carbocycles. The number of carboxylic acids is 1. The Bertz CT molecular complexity index is 749. The Morgan fingerprint density at radius 3 is 2.94 bits per heavy atom. The summed E-state index contributed by atoms with van der Waals surface area (Å²) < 4.78 is 1.69. The standard InChI is InChI=1S/C10H7N5O2/c11-9-8-3-12-4-15(8)7-1-5(10(16)17)13-2-6(7)14-9/h1-4H,(H2,11,14)(H,16,17). The number of nitrogens with two attached hydrogens (primary N) is 1. The summed E-state index contributed by atoms with van der Waals surface area (Å²) in [6.07, 6.45) is 4.51. The Labute approximate surface area is 94.6 Å². The molecule has 0 unspecified atom stereocenters. The van der Waals surface area contributed by atoms with Crippen molar-refractivity contribution in [1.29, 1.82) is 0 Å². The molecule has 3 rings (SSSR count). The highest BCUT2D eigenvalue weighted by molar-refractivity contribution is 5.91. The zero-order valence-corrected chi connectivity index (χ0v) is 8.53. The van der Waals surface area contributed by atoms with E-state index in [1.165, 1.54) is 12.3 Å². The molecular weight excluding hydrogens is 222 g/mol. The van der Waals surface area contributed by atoms with E-state index in [4.69, 9.17) is 10.8 Å². The van der Waals surface area contributed by atoms with Gasteiger partial charge in [-0.3, -0.25) is 4.40 Å². The zero-order valence-electron chi connectivity index (χ0n) is 8.53. The maximum atomic E-state index is 10.9. The van der Waals surface area contributed by atoms with Gasteiger partial charge in [-0.1, -0.05) is 0 Å². The third kappa shape index (κ3) is 1.29. The molecular formula is C10H7N5O2. The van der Waals surface area contributed by atoms with Gasteiger partial charge in [0.25, 0.3) is 0 Å². The fourth-order valence-corrected chi connectivity index (χ4v) is 1.70. The molecule has 3 aromatic heterocycles. The molecule has 0 radical (unpaired) electrons. The minimum atomic E-state index is -1.09. The van der Waals surface area contributed by atoms with Gasteiger partial charge in [0.2, 0.25) is 0 Å². The summed E-state index contributed by atoms with van der Waals surface area (Å²) in [5.74, 6) is -0.753. The lowest BCUT2D eigenvalue weighted by molar-refractivity contribution is 0.0690. The summed E-state index contributed by atoms with van der Waals surface area (Å²) in [6.45, 7) is 0. The normalized spacial score (nSPS) is 11.1. The number of carboxylic acid groups (broad SMARTS) is 1. The van der Waals surface area contributed by atoms with E-state index in [1.807, 2.05) is 0 Å². The molecule has 7 heteroatoms. The largest absolute Gasteiger partial charge is 0.477 e. The average molecular weight is 229 g/mol. The molecule has 0 aliphatic heterocycles. The van der Waals surface area contributed by atoms with Crippen LogP contribution >= 0.6 is 0 Å². The first-order chi connectivity index (χ1) is 8.16. The highest BCUT2D eigenvalue weighted by Crippen LogP contribution is 2.19. The first-order valence-corrected chi connectivity index (χ1v) is 4.77. The van der Waals surface area contributed by atoms with Gasteiger partial charge in [-0.05, 0) is 6.07 Å². The van der Waals surface area contributed by atoms with Crippen molar-refractivity contribution in [3.8, 4) is 0 Å². The van der Waals surface area contributed by atoms with E-state index in [2.05, 4.69) is 15.0 Å². The summed E-state index contributed by atoms with van der Waals surface area (Å²) in [7, 11) is 0. The summed E-state index contributed by atoms with van der Waals surface area (Å²) >= 11 is 0. The molecule has 0 aromatic carbocycles. The molecule has 0 amide bonds. The predicted molar refractivity (Wildman–Crippen MR) is 59.7 cm³/mol. The Morgan fingerprint density at radius 2 is 2.18 bits per heavy atom. The van der Waals surface area contributed by atoms with Gasteiger partial charge < -0.3 is 10.8 Å². The van der Waals surface area contributed by atoms with E-state index in [0.29, 0.717) is 22.4 Å². The van der Waals surface area contributed by atoms with Crippen LogP contribution in [0.2, 0.25) is 0 Å². The Kier molecular flexibility index (Phi) is 1.76. The van der Waals surface area contributed by atoms with Crippen LogP contribution in [-0.2, 0) is 0 Å². The second kappa shape index (κ2) is 3.14. The third-order valence-electron chi connectivity index (χ3n) is 2.48. The maximum absolute atomic E-state index is 10.9. The molecule has 0 atom stereocenters. The van der Waals surface area contributed by atoms with Crippen molar-refractivity contribution in [2.75, 3.05) is 5.73 Å². The first kappa shape index (κ1) is 9.52. The SMILES string of the molecule is Nc1nc2cnc(C(=O)O)cc2n2cncc12. The minimum Gasteiger partial charge on any atom is -0.477 e. The topological polar surface area (TPSA) is 106 Å². The van der Waals surface area contributed by atoms with Crippen LogP contribution in [0.1, 0.15) is 10.5 Å². The minimum absolute atomic E-state index is 0.0425. The quantitative estimate of drug-likeness (QED) is 0.631. The lowest BCUT2D eigenvalue weighted by Gasteiger charge is -2.04. The van der Waals surface area contributed by atoms with Crippen molar-refractivity contribution >= 4 is 28.3 Å². The Hall–Kier alpha value is -2.70. The van der Waals surface area contributed by atoms with E-state index in [0.717, 1.165) is 0 Å². The van der Waals surface area contributed by atoms with Gasteiger partial charge in [0.1, 0.15) is 22.5 Å². The summed E-state index contributed by atoms with van der Waals surface area (Å²) in [5.41, 5.74) is 7.48. The molecule has 17 heavy (non-hydrogen) atoms. The highest BCUT2D eigenvalue weighted by atomic mass is 16.4. The maximum Gasteiger partial charge on any atom is 0.354 e. The predicted octanol–water partition coefficient (Wildman–Crippen LogP) is 0.558. The second-order valence-corrected chi connectivity index (χ2v) is 3.51. The van der Waals surface area contributed by atoms with Crippen LogP contribution in [0.25, 0.3) is 16.6 Å². The number of pyridine rings is 1. The molecule has 0 aliphatic rings. The molecule has 3 aromatic rings. The van der Waals surface area contributed by atoms with Crippen LogP contribution in [0, 0.1) is 0 Å². The van der Waals surface area contributed by atoms with Crippen molar-refractivity contribution in [2.45, 2.75) is 0 Å². The number of anilines is 1. The molecule has 3 N–H and O–H groups in total. The number of rotatable bonds is 1. The molecule has 0 fully saturated rings. The third-order valence-corrected chi connectivity index (χ3v) is 2.48. The van der Waals surface area contributed by atoms with Gasteiger partial charge in [0.05, 0.1) is 24.2 Å². The lowest BCUT2D eigenvalue weighted by atomic mass is 10.3. The molecule has 84 valence electrons. The van der Waals surface area contributed by atoms with Crippen LogP contribution in [0.15, 0.2) is 24.8 Å². The van der Waals surface area contributed by atoms with Gasteiger partial charge in [0.15, 0.2) is 0 Å². The highest BCUT2D eigenvalue weighted by Gasteiger charge is 2.10. The Morgan fingerprint density at radius 1 is 1.35 bits per heavy atom. The summed E-state index contributed by atoms with van der Waals surface area (Å²) in [6, 6.07) is 1.44. The van der Waals surface area contributed by atoms with Crippen molar-refractivity contribution < 1.29 is 9.90 Å².